The number of nitro groups is 1. The van der Waals surface area contributed by atoms with E-state index >= 15 is 0 Å². The van der Waals surface area contributed by atoms with Gasteiger partial charge < -0.3 is 9.73 Å². The second kappa shape index (κ2) is 7.54. The molecule has 0 spiro atoms. The minimum Gasteiger partial charge on any atom is -0.407 e. The van der Waals surface area contributed by atoms with Gasteiger partial charge in [0.1, 0.15) is 6.54 Å². The van der Waals surface area contributed by atoms with Crippen LogP contribution >= 0.6 is 0 Å². The molecular formula is C21H21N3O5. The predicted molar refractivity (Wildman–Crippen MR) is 107 cm³/mol. The monoisotopic (exact) mass is 395 g/mol. The zero-order valence-electron chi connectivity index (χ0n) is 16.0. The van der Waals surface area contributed by atoms with E-state index in [1.54, 1.807) is 0 Å². The molecule has 1 heterocycles. The van der Waals surface area contributed by atoms with Gasteiger partial charge in [-0.25, -0.2) is 4.79 Å². The normalized spacial score (nSPS) is 14.4. The molecule has 29 heavy (non-hydrogen) atoms. The number of carbonyl (C=O) groups is 1. The number of aryl methyl sites for hydroxylation is 2. The molecule has 1 amide bonds. The predicted octanol–water partition coefficient (Wildman–Crippen LogP) is 3.26. The summed E-state index contributed by atoms with van der Waals surface area (Å²) in [5.74, 6) is -1.06. The van der Waals surface area contributed by atoms with Gasteiger partial charge in [0.2, 0.25) is 5.91 Å². The zero-order valence-corrected chi connectivity index (χ0v) is 16.0. The molecule has 0 aliphatic heterocycles. The Kier molecular flexibility index (Phi) is 4.92. The van der Waals surface area contributed by atoms with Gasteiger partial charge in [0, 0.05) is 6.07 Å². The third-order valence-corrected chi connectivity index (χ3v) is 5.41. The summed E-state index contributed by atoms with van der Waals surface area (Å²) in [6, 6.07) is 9.99. The number of amides is 1. The lowest BCUT2D eigenvalue weighted by molar-refractivity contribution is -0.384. The van der Waals surface area contributed by atoms with Gasteiger partial charge >= 0.3 is 5.76 Å². The van der Waals surface area contributed by atoms with Gasteiger partial charge in [0.05, 0.1) is 22.5 Å². The number of carbonyl (C=O) groups excluding carboxylic acids is 1. The molecule has 8 nitrogen and oxygen atoms in total. The highest BCUT2D eigenvalue weighted by atomic mass is 16.6. The Labute approximate surface area is 166 Å². The van der Waals surface area contributed by atoms with E-state index in [1.807, 2.05) is 13.0 Å². The van der Waals surface area contributed by atoms with Crippen molar-refractivity contribution in [2.75, 3.05) is 0 Å². The summed E-state index contributed by atoms with van der Waals surface area (Å²) in [5, 5.41) is 13.8. The average molecular weight is 395 g/mol. The van der Waals surface area contributed by atoms with Gasteiger partial charge in [-0.2, -0.15) is 0 Å². The van der Waals surface area contributed by atoms with E-state index in [0.29, 0.717) is 5.52 Å². The molecule has 3 aromatic rings. The molecule has 8 heteroatoms. The number of hydrogen-bond donors (Lipinski definition) is 1. The van der Waals surface area contributed by atoms with Crippen LogP contribution in [0.2, 0.25) is 0 Å². The molecule has 1 aliphatic rings. The molecule has 4 rings (SSSR count). The Hall–Kier alpha value is -3.42. The SMILES string of the molecule is C[C@H](NC(=O)Cn1c(=O)oc2cc([N+](=O)[O-])ccc21)c1ccc2c(c1)CCCC2. The highest BCUT2D eigenvalue weighted by molar-refractivity contribution is 5.80. The van der Waals surface area contributed by atoms with Crippen molar-refractivity contribution in [1.29, 1.82) is 0 Å². The maximum Gasteiger partial charge on any atom is 0.420 e. The molecule has 0 radical (unpaired) electrons. The molecule has 0 bridgehead atoms. The second-order valence-electron chi connectivity index (χ2n) is 7.39. The standard InChI is InChI=1S/C21H21N3O5/c1-13(15-7-6-14-4-2-3-5-16(14)10-15)22-20(25)12-23-18-9-8-17(24(27)28)11-19(18)29-21(23)26/h6-11,13H,2-5,12H2,1H3,(H,22,25)/t13-/m0/s1. The lowest BCUT2D eigenvalue weighted by Gasteiger charge is -2.20. The third-order valence-electron chi connectivity index (χ3n) is 5.41. The van der Waals surface area contributed by atoms with E-state index in [0.717, 1.165) is 18.4 Å². The Bertz CT molecular complexity index is 1160. The largest absolute Gasteiger partial charge is 0.420 e. The number of nitro benzene ring substituents is 1. The van der Waals surface area contributed by atoms with E-state index < -0.39 is 10.7 Å². The van der Waals surface area contributed by atoms with E-state index in [2.05, 4.69) is 17.4 Å². The molecular weight excluding hydrogens is 374 g/mol. The molecule has 150 valence electrons. The van der Waals surface area contributed by atoms with Gasteiger partial charge in [-0.05, 0) is 55.4 Å². The highest BCUT2D eigenvalue weighted by Gasteiger charge is 2.18. The Morgan fingerprint density at radius 3 is 2.72 bits per heavy atom. The first-order valence-electron chi connectivity index (χ1n) is 9.61. The fourth-order valence-corrected chi connectivity index (χ4v) is 3.86. The van der Waals surface area contributed by atoms with Crippen molar-refractivity contribution in [2.24, 2.45) is 0 Å². The van der Waals surface area contributed by atoms with Crippen LogP contribution in [0.5, 0.6) is 0 Å². The number of non-ortho nitro benzene ring substituents is 1. The van der Waals surface area contributed by atoms with Crippen LogP contribution in [-0.4, -0.2) is 15.4 Å². The number of aromatic nitrogens is 1. The first-order chi connectivity index (χ1) is 13.9. The van der Waals surface area contributed by atoms with Crippen molar-refractivity contribution in [3.05, 3.63) is 73.8 Å². The van der Waals surface area contributed by atoms with Gasteiger partial charge in [-0.15, -0.1) is 0 Å². The lowest BCUT2D eigenvalue weighted by atomic mass is 9.89. The van der Waals surface area contributed by atoms with Crippen LogP contribution in [0, 0.1) is 10.1 Å². The highest BCUT2D eigenvalue weighted by Crippen LogP contribution is 2.25. The van der Waals surface area contributed by atoms with Gasteiger partial charge in [0.25, 0.3) is 5.69 Å². The van der Waals surface area contributed by atoms with Gasteiger partial charge in [0.15, 0.2) is 5.58 Å². The van der Waals surface area contributed by atoms with Crippen LogP contribution in [0.25, 0.3) is 11.1 Å². The first kappa shape index (κ1) is 18.9. The van der Waals surface area contributed by atoms with E-state index in [9.17, 15) is 19.7 Å². The molecule has 0 saturated heterocycles. The van der Waals surface area contributed by atoms with Crippen LogP contribution < -0.4 is 11.1 Å². The van der Waals surface area contributed by atoms with Crippen LogP contribution in [0.15, 0.2) is 45.6 Å². The number of fused-ring (bicyclic) bond motifs is 2. The van der Waals surface area contributed by atoms with Crippen molar-refractivity contribution < 1.29 is 14.1 Å². The first-order valence-corrected chi connectivity index (χ1v) is 9.61. The van der Waals surface area contributed by atoms with E-state index in [4.69, 9.17) is 4.42 Å². The summed E-state index contributed by atoms with van der Waals surface area (Å²) >= 11 is 0. The number of hydrogen-bond acceptors (Lipinski definition) is 5. The molecule has 0 unspecified atom stereocenters. The second-order valence-corrected chi connectivity index (χ2v) is 7.39. The summed E-state index contributed by atoms with van der Waals surface area (Å²) < 4.78 is 6.24. The van der Waals surface area contributed by atoms with Crippen molar-refractivity contribution in [3.63, 3.8) is 0 Å². The van der Waals surface area contributed by atoms with Crippen molar-refractivity contribution >= 4 is 22.7 Å². The molecule has 0 fully saturated rings. The van der Waals surface area contributed by atoms with Crippen LogP contribution in [-0.2, 0) is 24.2 Å². The maximum absolute atomic E-state index is 12.5. The van der Waals surface area contributed by atoms with Crippen molar-refractivity contribution in [3.8, 4) is 0 Å². The van der Waals surface area contributed by atoms with Crippen LogP contribution in [0.3, 0.4) is 0 Å². The van der Waals surface area contributed by atoms with Crippen LogP contribution in [0.1, 0.15) is 42.5 Å². The Morgan fingerprint density at radius 1 is 1.21 bits per heavy atom. The van der Waals surface area contributed by atoms with E-state index in [1.165, 1.54) is 46.7 Å². The summed E-state index contributed by atoms with van der Waals surface area (Å²) in [4.78, 5) is 35.0. The third kappa shape index (κ3) is 3.78. The zero-order chi connectivity index (χ0) is 20.5. The minimum atomic E-state index is -0.725. The summed E-state index contributed by atoms with van der Waals surface area (Å²) in [5.41, 5.74) is 4.00. The van der Waals surface area contributed by atoms with Crippen molar-refractivity contribution in [1.82, 2.24) is 9.88 Å². The molecule has 2 aromatic carbocycles. The molecule has 1 aliphatic carbocycles. The smallest absolute Gasteiger partial charge is 0.407 e. The summed E-state index contributed by atoms with van der Waals surface area (Å²) in [6.45, 7) is 1.68. The number of nitrogens with one attached hydrogen (secondary N) is 1. The Morgan fingerprint density at radius 2 is 1.97 bits per heavy atom. The topological polar surface area (TPSA) is 107 Å². The van der Waals surface area contributed by atoms with E-state index in [-0.39, 0.29) is 29.8 Å². The molecule has 0 saturated carbocycles. The Balaban J connectivity index is 1.50. The number of benzene rings is 2. The molecule has 1 aromatic heterocycles. The number of nitrogens with zero attached hydrogens (tertiary/aromatic N) is 2. The summed E-state index contributed by atoms with van der Waals surface area (Å²) in [7, 11) is 0. The number of oxazole rings is 1. The van der Waals surface area contributed by atoms with Crippen LogP contribution in [0.4, 0.5) is 5.69 Å². The molecule has 1 N–H and O–H groups in total. The maximum atomic E-state index is 12.5. The quantitative estimate of drug-likeness (QED) is 0.527. The fraction of sp³-hybridized carbons (Fsp3) is 0.333. The van der Waals surface area contributed by atoms with Gasteiger partial charge in [-0.1, -0.05) is 18.2 Å². The van der Waals surface area contributed by atoms with Crippen molar-refractivity contribution in [2.45, 2.75) is 45.2 Å². The lowest BCUT2D eigenvalue weighted by Crippen LogP contribution is -2.32. The fourth-order valence-electron chi connectivity index (χ4n) is 3.86. The summed E-state index contributed by atoms with van der Waals surface area (Å²) in [6.07, 6.45) is 4.57. The minimum absolute atomic E-state index is 0.0831. The van der Waals surface area contributed by atoms with Gasteiger partial charge in [-0.3, -0.25) is 19.5 Å². The number of rotatable bonds is 5. The molecule has 1 atom stereocenters. The average Bonchev–Trinajstić information content (AvgIpc) is 3.01.